The number of anilines is 1. The van der Waals surface area contributed by atoms with Crippen LogP contribution in [0.3, 0.4) is 0 Å². The molecule has 2 aliphatic rings. The molecule has 33 heavy (non-hydrogen) atoms. The summed E-state index contributed by atoms with van der Waals surface area (Å²) in [6.45, 7) is 4.32. The van der Waals surface area contributed by atoms with E-state index in [0.29, 0.717) is 22.8 Å². The van der Waals surface area contributed by atoms with Gasteiger partial charge in [-0.25, -0.2) is 14.1 Å². The van der Waals surface area contributed by atoms with Crippen LogP contribution >= 0.6 is 11.6 Å². The number of pyridine rings is 2. The number of aromatic nitrogens is 4. The van der Waals surface area contributed by atoms with Gasteiger partial charge in [0.2, 0.25) is 0 Å². The molecule has 3 aromatic heterocycles. The molecule has 1 N–H and O–H groups in total. The highest BCUT2D eigenvalue weighted by Crippen LogP contribution is 2.34. The van der Waals surface area contributed by atoms with Crippen molar-refractivity contribution in [3.05, 3.63) is 76.5 Å². The van der Waals surface area contributed by atoms with Crippen molar-refractivity contribution in [2.24, 2.45) is 4.99 Å². The lowest BCUT2D eigenvalue weighted by molar-refractivity contribution is 0.564. The Hall–Kier alpha value is -3.58. The van der Waals surface area contributed by atoms with E-state index in [1.165, 1.54) is 12.1 Å². The highest BCUT2D eigenvalue weighted by atomic mass is 35.5. The first kappa shape index (κ1) is 20.1. The average molecular weight is 459 g/mol. The van der Waals surface area contributed by atoms with Gasteiger partial charge in [0.15, 0.2) is 0 Å². The Kier molecular flexibility index (Phi) is 4.73. The fraction of sp³-hybridized carbons (Fsp3) is 0.200. The number of hydrogen-bond donors (Lipinski definition) is 1. The largest absolute Gasteiger partial charge is 0.370 e. The first-order chi connectivity index (χ1) is 16.1. The fourth-order valence-electron chi connectivity index (χ4n) is 4.54. The van der Waals surface area contributed by atoms with Gasteiger partial charge in [-0.2, -0.15) is 5.10 Å². The third kappa shape index (κ3) is 3.40. The van der Waals surface area contributed by atoms with Crippen molar-refractivity contribution in [1.29, 1.82) is 0 Å². The van der Waals surface area contributed by atoms with Crippen LogP contribution in [0.2, 0.25) is 5.02 Å². The van der Waals surface area contributed by atoms with Gasteiger partial charge in [0.05, 0.1) is 34.7 Å². The van der Waals surface area contributed by atoms with Crippen LogP contribution < -0.4 is 5.32 Å². The van der Waals surface area contributed by atoms with E-state index < -0.39 is 0 Å². The molecule has 0 aliphatic carbocycles. The van der Waals surface area contributed by atoms with Crippen molar-refractivity contribution >= 4 is 39.7 Å². The summed E-state index contributed by atoms with van der Waals surface area (Å²) in [5.74, 6) is 0.671. The molecule has 164 valence electrons. The third-order valence-electron chi connectivity index (χ3n) is 6.05. The fourth-order valence-corrected chi connectivity index (χ4v) is 4.71. The third-order valence-corrected chi connectivity index (χ3v) is 6.29. The molecular weight excluding hydrogens is 439 g/mol. The smallest absolute Gasteiger partial charge is 0.132 e. The van der Waals surface area contributed by atoms with Gasteiger partial charge in [0.1, 0.15) is 11.6 Å². The minimum atomic E-state index is -0.357. The van der Waals surface area contributed by atoms with E-state index in [2.05, 4.69) is 20.4 Å². The maximum absolute atomic E-state index is 14.5. The molecule has 1 aromatic carbocycles. The number of aryl methyl sites for hydroxylation is 2. The van der Waals surface area contributed by atoms with E-state index in [1.54, 1.807) is 6.07 Å². The van der Waals surface area contributed by atoms with Crippen molar-refractivity contribution in [2.75, 3.05) is 18.4 Å². The second kappa shape index (κ2) is 7.78. The molecule has 2 aliphatic heterocycles. The van der Waals surface area contributed by atoms with E-state index >= 15 is 0 Å². The van der Waals surface area contributed by atoms with Crippen molar-refractivity contribution < 1.29 is 4.39 Å². The Morgan fingerprint density at radius 3 is 2.94 bits per heavy atom. The molecule has 8 heteroatoms. The Balaban J connectivity index is 1.43. The van der Waals surface area contributed by atoms with Gasteiger partial charge in [0, 0.05) is 46.6 Å². The molecule has 6 nitrogen and oxygen atoms in total. The van der Waals surface area contributed by atoms with Gasteiger partial charge < -0.3 is 5.32 Å². The predicted octanol–water partition coefficient (Wildman–Crippen LogP) is 5.30. The molecule has 0 amide bonds. The summed E-state index contributed by atoms with van der Waals surface area (Å²) in [7, 11) is 0. The van der Waals surface area contributed by atoms with Crippen molar-refractivity contribution in [2.45, 2.75) is 19.9 Å². The van der Waals surface area contributed by atoms with Gasteiger partial charge >= 0.3 is 0 Å². The van der Waals surface area contributed by atoms with E-state index in [4.69, 9.17) is 16.6 Å². The summed E-state index contributed by atoms with van der Waals surface area (Å²) in [6, 6.07) is 10.4. The van der Waals surface area contributed by atoms with Crippen molar-refractivity contribution in [1.82, 2.24) is 19.7 Å². The monoisotopic (exact) mass is 458 g/mol. The summed E-state index contributed by atoms with van der Waals surface area (Å²) >= 11 is 6.12. The minimum absolute atomic E-state index is 0.357. The van der Waals surface area contributed by atoms with E-state index in [0.717, 1.165) is 64.4 Å². The second-order valence-electron chi connectivity index (χ2n) is 8.20. The van der Waals surface area contributed by atoms with Gasteiger partial charge in [-0.15, -0.1) is 0 Å². The molecule has 5 heterocycles. The van der Waals surface area contributed by atoms with Crippen LogP contribution in [0.15, 0.2) is 53.7 Å². The van der Waals surface area contributed by atoms with Crippen LogP contribution in [-0.4, -0.2) is 38.5 Å². The standard InChI is InChI=1S/C25H20ClFN6/c1-14-23(25-29-8-2-10-33(25)32-14)15-11-22-21(30-13-15)6-5-20(31-22)17-7-9-28-24(17)18-12-16(26)3-4-19(18)27/h3-7,11-13,29H,2,8-10H2,1H3. The number of allylic oxidation sites excluding steroid dienone is 1. The summed E-state index contributed by atoms with van der Waals surface area (Å²) in [6.07, 6.45) is 4.89. The molecule has 0 spiro atoms. The average Bonchev–Trinajstić information content (AvgIpc) is 3.44. The zero-order valence-electron chi connectivity index (χ0n) is 17.9. The van der Waals surface area contributed by atoms with E-state index in [-0.39, 0.29) is 5.82 Å². The van der Waals surface area contributed by atoms with Crippen molar-refractivity contribution in [3.63, 3.8) is 0 Å². The first-order valence-corrected chi connectivity index (χ1v) is 11.3. The number of rotatable bonds is 3. The van der Waals surface area contributed by atoms with Gasteiger partial charge in [-0.1, -0.05) is 17.7 Å². The summed E-state index contributed by atoms with van der Waals surface area (Å²) in [5.41, 5.74) is 7.01. The van der Waals surface area contributed by atoms with Gasteiger partial charge in [0.25, 0.3) is 0 Å². The zero-order valence-corrected chi connectivity index (χ0v) is 18.7. The first-order valence-electron chi connectivity index (χ1n) is 10.9. The number of aliphatic imine (C=N–C) groups is 1. The maximum Gasteiger partial charge on any atom is 0.132 e. The molecule has 0 radical (unpaired) electrons. The number of hydrogen-bond acceptors (Lipinski definition) is 5. The SMILES string of the molecule is Cc1nn2c(c1-c1cnc3ccc(C4=CCN=C4c4cc(Cl)ccc4F)nc3c1)NCCC2. The number of nitrogens with one attached hydrogen (secondary N) is 1. The molecule has 6 rings (SSSR count). The molecule has 4 aromatic rings. The van der Waals surface area contributed by atoms with Crippen LogP contribution in [0.1, 0.15) is 23.4 Å². The van der Waals surface area contributed by atoms with Crippen molar-refractivity contribution in [3.8, 4) is 11.1 Å². The van der Waals surface area contributed by atoms with Gasteiger partial charge in [-0.05, 0) is 49.7 Å². The highest BCUT2D eigenvalue weighted by molar-refractivity contribution is 6.35. The highest BCUT2D eigenvalue weighted by Gasteiger charge is 2.22. The Labute approximate surface area is 194 Å². The summed E-state index contributed by atoms with van der Waals surface area (Å²) in [4.78, 5) is 14.0. The number of halogens is 2. The molecule has 0 unspecified atom stereocenters. The lowest BCUT2D eigenvalue weighted by atomic mass is 9.99. The molecule has 0 fully saturated rings. The maximum atomic E-state index is 14.5. The zero-order chi connectivity index (χ0) is 22.5. The van der Waals surface area contributed by atoms with Gasteiger partial charge in [-0.3, -0.25) is 9.98 Å². The van der Waals surface area contributed by atoms with Crippen LogP contribution in [0.25, 0.3) is 27.7 Å². The summed E-state index contributed by atoms with van der Waals surface area (Å²) < 4.78 is 16.6. The van der Waals surface area contributed by atoms with Crippen LogP contribution in [0, 0.1) is 12.7 Å². The molecule has 0 atom stereocenters. The topological polar surface area (TPSA) is 68.0 Å². The molecule has 0 saturated heterocycles. The van der Waals surface area contributed by atoms with Crippen LogP contribution in [-0.2, 0) is 6.54 Å². The Morgan fingerprint density at radius 2 is 2.03 bits per heavy atom. The lowest BCUT2D eigenvalue weighted by Gasteiger charge is -2.17. The number of benzene rings is 1. The lowest BCUT2D eigenvalue weighted by Crippen LogP contribution is -2.17. The predicted molar refractivity (Wildman–Crippen MR) is 129 cm³/mol. The number of nitrogens with zero attached hydrogens (tertiary/aromatic N) is 5. The second-order valence-corrected chi connectivity index (χ2v) is 8.64. The Bertz CT molecular complexity index is 1490. The van der Waals surface area contributed by atoms with E-state index in [1.807, 2.05) is 42.1 Å². The molecular formula is C25H20ClFN6. The normalized spacial score (nSPS) is 15.2. The van der Waals surface area contributed by atoms with Crippen LogP contribution in [0.4, 0.5) is 10.2 Å². The summed E-state index contributed by atoms with van der Waals surface area (Å²) in [5, 5.41) is 8.62. The molecule has 0 saturated carbocycles. The minimum Gasteiger partial charge on any atom is -0.370 e. The quantitative estimate of drug-likeness (QED) is 0.452. The van der Waals surface area contributed by atoms with Crippen LogP contribution in [0.5, 0.6) is 0 Å². The van der Waals surface area contributed by atoms with E-state index in [9.17, 15) is 4.39 Å². The Morgan fingerprint density at radius 1 is 1.12 bits per heavy atom. The molecule has 0 bridgehead atoms. The number of fused-ring (bicyclic) bond motifs is 2.